The lowest BCUT2D eigenvalue weighted by Gasteiger charge is -2.09. The van der Waals surface area contributed by atoms with Gasteiger partial charge in [0.2, 0.25) is 0 Å². The van der Waals surface area contributed by atoms with Crippen molar-refractivity contribution in [2.75, 3.05) is 10.5 Å². The van der Waals surface area contributed by atoms with Crippen LogP contribution in [0.2, 0.25) is 5.02 Å². The molecule has 0 atom stereocenters. The van der Waals surface area contributed by atoms with E-state index in [1.165, 1.54) is 12.1 Å². The molecule has 2 rings (SSSR count). The maximum absolute atomic E-state index is 13.0. The molecule has 0 aliphatic heterocycles. The maximum atomic E-state index is 13.0. The Labute approximate surface area is 119 Å². The monoisotopic (exact) mass is 318 g/mol. The second-order valence-corrected chi connectivity index (χ2v) is 6.04. The van der Waals surface area contributed by atoms with Crippen LogP contribution in [0.1, 0.15) is 0 Å². The van der Waals surface area contributed by atoms with Gasteiger partial charge in [0.05, 0.1) is 21.3 Å². The molecule has 0 radical (unpaired) electrons. The molecule has 0 aliphatic carbocycles. The summed E-state index contributed by atoms with van der Waals surface area (Å²) >= 11 is 5.69. The predicted molar refractivity (Wildman–Crippen MR) is 73.0 cm³/mol. The lowest BCUT2D eigenvalue weighted by Crippen LogP contribution is -2.13. The molecule has 8 heteroatoms. The van der Waals surface area contributed by atoms with Crippen molar-refractivity contribution in [2.24, 2.45) is 0 Å². The van der Waals surface area contributed by atoms with Crippen molar-refractivity contribution in [2.45, 2.75) is 4.90 Å². The van der Waals surface area contributed by atoms with Crippen LogP contribution in [0, 0.1) is 11.6 Å². The third kappa shape index (κ3) is 3.17. The van der Waals surface area contributed by atoms with Gasteiger partial charge >= 0.3 is 0 Å². The molecule has 0 aliphatic rings. The molecule has 0 heterocycles. The van der Waals surface area contributed by atoms with E-state index in [0.29, 0.717) is 6.07 Å². The Kier molecular flexibility index (Phi) is 3.82. The number of anilines is 2. The Morgan fingerprint density at radius 2 is 1.65 bits per heavy atom. The van der Waals surface area contributed by atoms with Gasteiger partial charge in [0, 0.05) is 6.07 Å². The number of nitrogens with one attached hydrogen (secondary N) is 1. The van der Waals surface area contributed by atoms with Gasteiger partial charge in [-0.25, -0.2) is 17.2 Å². The normalized spacial score (nSPS) is 11.3. The van der Waals surface area contributed by atoms with E-state index >= 15 is 0 Å². The molecular weight excluding hydrogens is 310 g/mol. The van der Waals surface area contributed by atoms with Gasteiger partial charge in [-0.05, 0) is 30.3 Å². The summed E-state index contributed by atoms with van der Waals surface area (Å²) in [4.78, 5) is -0.163. The maximum Gasteiger partial charge on any atom is 0.261 e. The molecule has 0 saturated heterocycles. The Morgan fingerprint density at radius 1 is 1.05 bits per heavy atom. The highest BCUT2D eigenvalue weighted by Gasteiger charge is 2.16. The van der Waals surface area contributed by atoms with Crippen LogP contribution in [0.25, 0.3) is 0 Å². The van der Waals surface area contributed by atoms with Crippen LogP contribution < -0.4 is 10.5 Å². The summed E-state index contributed by atoms with van der Waals surface area (Å²) in [6.45, 7) is 0. The molecule has 2 aromatic carbocycles. The van der Waals surface area contributed by atoms with E-state index in [4.69, 9.17) is 17.3 Å². The fraction of sp³-hybridized carbons (Fsp3) is 0. The summed E-state index contributed by atoms with van der Waals surface area (Å²) in [5.74, 6) is -1.78. The van der Waals surface area contributed by atoms with Crippen molar-refractivity contribution in [3.8, 4) is 0 Å². The zero-order valence-corrected chi connectivity index (χ0v) is 11.5. The van der Waals surface area contributed by atoms with Crippen LogP contribution in [0.15, 0.2) is 41.3 Å². The van der Waals surface area contributed by atoms with Gasteiger partial charge in [-0.2, -0.15) is 0 Å². The Bertz CT molecular complexity index is 746. The smallest absolute Gasteiger partial charge is 0.261 e. The van der Waals surface area contributed by atoms with Crippen LogP contribution in [0.5, 0.6) is 0 Å². The number of rotatable bonds is 3. The molecule has 20 heavy (non-hydrogen) atoms. The van der Waals surface area contributed by atoms with Crippen molar-refractivity contribution in [1.82, 2.24) is 0 Å². The molecule has 0 fully saturated rings. The van der Waals surface area contributed by atoms with E-state index < -0.39 is 21.7 Å². The summed E-state index contributed by atoms with van der Waals surface area (Å²) in [5, 5.41) is 0.209. The number of benzene rings is 2. The summed E-state index contributed by atoms with van der Waals surface area (Å²) in [5.41, 5.74) is 5.37. The second kappa shape index (κ2) is 5.26. The first-order valence-corrected chi connectivity index (χ1v) is 7.18. The Morgan fingerprint density at radius 3 is 2.20 bits per heavy atom. The molecule has 2 aromatic rings. The van der Waals surface area contributed by atoms with Crippen LogP contribution in [0.4, 0.5) is 20.2 Å². The number of hydrogen-bond acceptors (Lipinski definition) is 3. The molecule has 0 unspecified atom stereocenters. The van der Waals surface area contributed by atoms with Gasteiger partial charge in [-0.1, -0.05) is 11.6 Å². The van der Waals surface area contributed by atoms with Gasteiger partial charge in [-0.3, -0.25) is 4.72 Å². The largest absolute Gasteiger partial charge is 0.397 e. The predicted octanol–water partition coefficient (Wildman–Crippen LogP) is 3.00. The zero-order chi connectivity index (χ0) is 14.9. The minimum atomic E-state index is -4.01. The van der Waals surface area contributed by atoms with Crippen molar-refractivity contribution >= 4 is 33.0 Å². The fourth-order valence-electron chi connectivity index (χ4n) is 1.52. The molecule has 0 saturated carbocycles. The molecule has 0 spiro atoms. The van der Waals surface area contributed by atoms with E-state index in [2.05, 4.69) is 4.72 Å². The molecule has 3 N–H and O–H groups in total. The Balaban J connectivity index is 2.37. The summed E-state index contributed by atoms with van der Waals surface area (Å²) in [7, 11) is -4.01. The van der Waals surface area contributed by atoms with Crippen molar-refractivity contribution in [3.05, 3.63) is 53.1 Å². The van der Waals surface area contributed by atoms with E-state index in [0.717, 1.165) is 18.2 Å². The highest BCUT2D eigenvalue weighted by atomic mass is 35.5. The number of hydrogen-bond donors (Lipinski definition) is 2. The molecule has 106 valence electrons. The van der Waals surface area contributed by atoms with Gasteiger partial charge in [0.1, 0.15) is 11.6 Å². The van der Waals surface area contributed by atoms with E-state index in [1.54, 1.807) is 0 Å². The van der Waals surface area contributed by atoms with Crippen LogP contribution in [-0.2, 0) is 10.0 Å². The fourth-order valence-corrected chi connectivity index (χ4v) is 2.71. The minimum Gasteiger partial charge on any atom is -0.397 e. The molecular formula is C12H9ClF2N2O2S. The third-order valence-electron chi connectivity index (χ3n) is 2.39. The summed E-state index contributed by atoms with van der Waals surface area (Å²) in [6, 6.07) is 6.06. The van der Waals surface area contributed by atoms with Gasteiger partial charge in [0.15, 0.2) is 0 Å². The van der Waals surface area contributed by atoms with Crippen LogP contribution in [0.3, 0.4) is 0 Å². The molecule has 0 amide bonds. The lowest BCUT2D eigenvalue weighted by atomic mass is 10.3. The highest BCUT2D eigenvalue weighted by molar-refractivity contribution is 7.92. The van der Waals surface area contributed by atoms with Crippen LogP contribution >= 0.6 is 11.6 Å². The molecule has 0 aromatic heterocycles. The number of nitrogen functional groups attached to an aromatic ring is 1. The zero-order valence-electron chi connectivity index (χ0n) is 9.90. The quantitative estimate of drug-likeness (QED) is 0.854. The number of halogens is 3. The van der Waals surface area contributed by atoms with Crippen LogP contribution in [-0.4, -0.2) is 8.42 Å². The summed E-state index contributed by atoms with van der Waals surface area (Å²) in [6.07, 6.45) is 0. The average Bonchev–Trinajstić information content (AvgIpc) is 2.30. The standard InChI is InChI=1S/C12H9ClF2N2O2S/c13-11-2-1-10(6-12(11)16)20(18,19)17-9-4-7(14)3-8(15)5-9/h1-6,17H,16H2. The van der Waals surface area contributed by atoms with Gasteiger partial charge in [-0.15, -0.1) is 0 Å². The Hall–Kier alpha value is -1.86. The first-order chi connectivity index (χ1) is 9.28. The third-order valence-corrected chi connectivity index (χ3v) is 4.12. The molecule has 0 bridgehead atoms. The lowest BCUT2D eigenvalue weighted by molar-refractivity contribution is 0.584. The van der Waals surface area contributed by atoms with Crippen molar-refractivity contribution in [3.63, 3.8) is 0 Å². The SMILES string of the molecule is Nc1cc(S(=O)(=O)Nc2cc(F)cc(F)c2)ccc1Cl. The highest BCUT2D eigenvalue weighted by Crippen LogP contribution is 2.24. The van der Waals surface area contributed by atoms with E-state index in [9.17, 15) is 17.2 Å². The second-order valence-electron chi connectivity index (χ2n) is 3.95. The van der Waals surface area contributed by atoms with Gasteiger partial charge < -0.3 is 5.73 Å². The van der Waals surface area contributed by atoms with Crippen molar-refractivity contribution < 1.29 is 17.2 Å². The summed E-state index contributed by atoms with van der Waals surface area (Å²) < 4.78 is 52.1. The topological polar surface area (TPSA) is 72.2 Å². The number of sulfonamides is 1. The first-order valence-electron chi connectivity index (χ1n) is 5.32. The first kappa shape index (κ1) is 14.5. The van der Waals surface area contributed by atoms with Gasteiger partial charge in [0.25, 0.3) is 10.0 Å². The molecule has 4 nitrogen and oxygen atoms in total. The average molecular weight is 319 g/mol. The number of nitrogens with two attached hydrogens (primary N) is 1. The van der Waals surface area contributed by atoms with Crippen molar-refractivity contribution in [1.29, 1.82) is 0 Å². The van der Waals surface area contributed by atoms with E-state index in [1.807, 2.05) is 0 Å². The van der Waals surface area contributed by atoms with E-state index in [-0.39, 0.29) is 21.3 Å². The minimum absolute atomic E-state index is 0.0833.